The predicted octanol–water partition coefficient (Wildman–Crippen LogP) is 1.65. The van der Waals surface area contributed by atoms with Crippen LogP contribution in [0.2, 0.25) is 0 Å². The molecule has 2 aromatic rings. The van der Waals surface area contributed by atoms with Gasteiger partial charge in [-0.3, -0.25) is 19.7 Å². The Balaban J connectivity index is 2.02. The van der Waals surface area contributed by atoms with Crippen molar-refractivity contribution in [2.24, 2.45) is 0 Å². The average molecular weight is 364 g/mol. The fourth-order valence-corrected chi connectivity index (χ4v) is 2.48. The van der Waals surface area contributed by atoms with Gasteiger partial charge in [-0.1, -0.05) is 0 Å². The van der Waals surface area contributed by atoms with Crippen LogP contribution < -0.4 is 20.3 Å². The molecular weight excluding hydrogens is 344 g/mol. The molecule has 0 saturated heterocycles. The number of carbonyl (C=O) groups excluding carboxylic acids is 1. The third-order valence-electron chi connectivity index (χ3n) is 3.65. The van der Waals surface area contributed by atoms with Gasteiger partial charge in [0.1, 0.15) is 17.2 Å². The van der Waals surface area contributed by atoms with Crippen LogP contribution >= 0.6 is 12.2 Å². The maximum absolute atomic E-state index is 12.2. The zero-order valence-corrected chi connectivity index (χ0v) is 15.0. The maximum atomic E-state index is 12.2. The topological polar surface area (TPSA) is 109 Å². The van der Waals surface area contributed by atoms with Gasteiger partial charge in [0.25, 0.3) is 5.56 Å². The van der Waals surface area contributed by atoms with Gasteiger partial charge in [0, 0.05) is 18.4 Å². The molecular formula is C16H20N4O4S. The van der Waals surface area contributed by atoms with Gasteiger partial charge in [0.2, 0.25) is 5.91 Å². The number of aryl methyl sites for hydroxylation is 1. The highest BCUT2D eigenvalue weighted by atomic mass is 32.1. The van der Waals surface area contributed by atoms with Crippen molar-refractivity contribution in [2.75, 3.05) is 14.2 Å². The number of aromatic amines is 2. The fourth-order valence-electron chi connectivity index (χ4n) is 2.34. The second-order valence-electron chi connectivity index (χ2n) is 5.35. The lowest BCUT2D eigenvalue weighted by Crippen LogP contribution is -2.28. The van der Waals surface area contributed by atoms with Crippen LogP contribution in [0.4, 0.5) is 0 Å². The monoisotopic (exact) mass is 364 g/mol. The van der Waals surface area contributed by atoms with Crippen LogP contribution in [0.3, 0.4) is 0 Å². The number of H-pyrrole nitrogens is 2. The number of ether oxygens (including phenoxy) is 2. The highest BCUT2D eigenvalue weighted by Crippen LogP contribution is 2.29. The smallest absolute Gasteiger partial charge is 0.273 e. The number of nitrogens with zero attached hydrogens (tertiary/aromatic N) is 1. The normalized spacial score (nSPS) is 11.6. The first-order valence-corrected chi connectivity index (χ1v) is 8.04. The third kappa shape index (κ3) is 4.90. The summed E-state index contributed by atoms with van der Waals surface area (Å²) < 4.78 is 10.7. The largest absolute Gasteiger partial charge is 0.497 e. The van der Waals surface area contributed by atoms with Crippen molar-refractivity contribution in [1.82, 2.24) is 20.5 Å². The number of benzene rings is 1. The Hall–Kier alpha value is -2.68. The Bertz CT molecular complexity index is 862. The lowest BCUT2D eigenvalue weighted by atomic mass is 10.1. The molecule has 0 fully saturated rings. The van der Waals surface area contributed by atoms with Crippen molar-refractivity contribution >= 4 is 18.1 Å². The van der Waals surface area contributed by atoms with Crippen LogP contribution in [0.15, 0.2) is 23.0 Å². The lowest BCUT2D eigenvalue weighted by Gasteiger charge is -2.18. The highest BCUT2D eigenvalue weighted by Gasteiger charge is 2.16. The van der Waals surface area contributed by atoms with Gasteiger partial charge in [-0.25, -0.2) is 0 Å². The molecule has 25 heavy (non-hydrogen) atoms. The van der Waals surface area contributed by atoms with Gasteiger partial charge >= 0.3 is 0 Å². The Morgan fingerprint density at radius 3 is 2.76 bits per heavy atom. The summed E-state index contributed by atoms with van der Waals surface area (Å²) in [5, 5.41) is 9.23. The van der Waals surface area contributed by atoms with E-state index in [0.29, 0.717) is 11.5 Å². The number of hydrogen-bond acceptors (Lipinski definition) is 6. The van der Waals surface area contributed by atoms with E-state index >= 15 is 0 Å². The number of amides is 1. The molecule has 9 heteroatoms. The molecule has 0 saturated carbocycles. The van der Waals surface area contributed by atoms with Crippen molar-refractivity contribution in [2.45, 2.75) is 25.8 Å². The summed E-state index contributed by atoms with van der Waals surface area (Å²) in [6.45, 7) is 1.85. The number of nitrogens with one attached hydrogen (secondary N) is 3. The van der Waals surface area contributed by atoms with E-state index in [4.69, 9.17) is 21.7 Å². The van der Waals surface area contributed by atoms with Crippen molar-refractivity contribution in [3.63, 3.8) is 0 Å². The molecule has 0 aliphatic heterocycles. The van der Waals surface area contributed by atoms with Crippen LogP contribution in [-0.2, 0) is 11.2 Å². The van der Waals surface area contributed by atoms with E-state index in [-0.39, 0.29) is 40.8 Å². The number of rotatable bonds is 7. The molecule has 1 heterocycles. The quantitative estimate of drug-likeness (QED) is 0.645. The first-order valence-electron chi connectivity index (χ1n) is 7.63. The summed E-state index contributed by atoms with van der Waals surface area (Å²) in [5.74, 6) is 1.12. The Morgan fingerprint density at radius 2 is 2.12 bits per heavy atom. The Kier molecular flexibility index (Phi) is 6.29. The second-order valence-corrected chi connectivity index (χ2v) is 5.76. The van der Waals surface area contributed by atoms with Gasteiger partial charge in [0.15, 0.2) is 4.77 Å². The zero-order chi connectivity index (χ0) is 18.4. The van der Waals surface area contributed by atoms with Gasteiger partial charge < -0.3 is 14.8 Å². The molecule has 3 N–H and O–H groups in total. The lowest BCUT2D eigenvalue weighted by molar-refractivity contribution is -0.121. The average Bonchev–Trinajstić information content (AvgIpc) is 2.60. The molecule has 0 aliphatic rings. The van der Waals surface area contributed by atoms with E-state index in [0.717, 1.165) is 5.56 Å². The van der Waals surface area contributed by atoms with Crippen molar-refractivity contribution in [1.29, 1.82) is 0 Å². The Morgan fingerprint density at radius 1 is 1.36 bits per heavy atom. The zero-order valence-electron chi connectivity index (χ0n) is 14.2. The first kappa shape index (κ1) is 18.7. The predicted molar refractivity (Wildman–Crippen MR) is 94.5 cm³/mol. The van der Waals surface area contributed by atoms with Crippen LogP contribution in [0, 0.1) is 4.77 Å². The van der Waals surface area contributed by atoms with E-state index in [1.807, 2.05) is 13.0 Å². The van der Waals surface area contributed by atoms with Crippen LogP contribution in [0.1, 0.15) is 30.6 Å². The molecule has 134 valence electrons. The summed E-state index contributed by atoms with van der Waals surface area (Å²) in [6, 6.07) is 5.10. The fraction of sp³-hybridized carbons (Fsp3) is 0.375. The summed E-state index contributed by atoms with van der Waals surface area (Å²) in [4.78, 5) is 26.3. The van der Waals surface area contributed by atoms with Gasteiger partial charge in [-0.2, -0.15) is 5.10 Å². The van der Waals surface area contributed by atoms with E-state index in [1.165, 1.54) is 0 Å². The number of aromatic nitrogens is 3. The van der Waals surface area contributed by atoms with Crippen LogP contribution in [0.25, 0.3) is 0 Å². The number of hydrogen-bond donors (Lipinski definition) is 3. The molecule has 1 atom stereocenters. The van der Waals surface area contributed by atoms with Crippen LogP contribution in [0.5, 0.6) is 11.5 Å². The molecule has 0 unspecified atom stereocenters. The summed E-state index contributed by atoms with van der Waals surface area (Å²) >= 11 is 4.78. The molecule has 2 rings (SSSR count). The van der Waals surface area contributed by atoms with E-state index in [9.17, 15) is 9.59 Å². The minimum Gasteiger partial charge on any atom is -0.497 e. The minimum atomic E-state index is -0.390. The standard InChI is InChI=1S/C16H20N4O4S/c1-9(11-8-10(23-2)4-6-13(11)24-3)17-14(21)7-5-12-15(22)18-16(25)20-19-12/h4,6,8-9H,5,7H2,1-3H3,(H,17,21)(H2,18,20,22,25)/t9-/m0/s1. The summed E-state index contributed by atoms with van der Waals surface area (Å²) in [6.07, 6.45) is 0.326. The maximum Gasteiger partial charge on any atom is 0.273 e. The third-order valence-corrected chi connectivity index (χ3v) is 3.84. The summed E-state index contributed by atoms with van der Waals surface area (Å²) in [5.41, 5.74) is 0.643. The van der Waals surface area contributed by atoms with Crippen LogP contribution in [-0.4, -0.2) is 35.3 Å². The SMILES string of the molecule is COc1ccc(OC)c([C@H](C)NC(=O)CCc2n[nH]c(=S)[nH]c2=O)c1. The minimum absolute atomic E-state index is 0.122. The second kappa shape index (κ2) is 8.43. The van der Waals surface area contributed by atoms with Crippen molar-refractivity contribution in [3.05, 3.63) is 44.6 Å². The van der Waals surface area contributed by atoms with Gasteiger partial charge in [0.05, 0.1) is 20.3 Å². The molecule has 0 spiro atoms. The summed E-state index contributed by atoms with van der Waals surface area (Å²) in [7, 11) is 3.14. The molecule has 0 radical (unpaired) electrons. The van der Waals surface area contributed by atoms with Crippen molar-refractivity contribution < 1.29 is 14.3 Å². The van der Waals surface area contributed by atoms with Gasteiger partial charge in [-0.05, 0) is 37.3 Å². The first-order chi connectivity index (χ1) is 11.9. The molecule has 8 nitrogen and oxygen atoms in total. The molecule has 1 amide bonds. The molecule has 0 bridgehead atoms. The Labute approximate surface area is 149 Å². The molecule has 1 aromatic carbocycles. The highest BCUT2D eigenvalue weighted by molar-refractivity contribution is 7.71. The molecule has 0 aliphatic carbocycles. The van der Waals surface area contributed by atoms with E-state index < -0.39 is 0 Å². The van der Waals surface area contributed by atoms with E-state index in [1.54, 1.807) is 26.4 Å². The van der Waals surface area contributed by atoms with E-state index in [2.05, 4.69) is 20.5 Å². The van der Waals surface area contributed by atoms with Crippen molar-refractivity contribution in [3.8, 4) is 11.5 Å². The number of methoxy groups -OCH3 is 2. The van der Waals surface area contributed by atoms with Gasteiger partial charge in [-0.15, -0.1) is 0 Å². The number of carbonyl (C=O) groups is 1. The molecule has 1 aromatic heterocycles.